The van der Waals surface area contributed by atoms with Gasteiger partial charge in [-0.2, -0.15) is 0 Å². The number of dihydropyridines is 1. The summed E-state index contributed by atoms with van der Waals surface area (Å²) in [7, 11) is 2.46. The summed E-state index contributed by atoms with van der Waals surface area (Å²) in [6.45, 7) is 4.55. The van der Waals surface area contributed by atoms with E-state index >= 15 is 0 Å². The zero-order valence-corrected chi connectivity index (χ0v) is 14.9. The molecule has 1 aliphatic heterocycles. The predicted octanol–water partition coefficient (Wildman–Crippen LogP) is 2.01. The van der Waals surface area contributed by atoms with E-state index < -0.39 is 23.3 Å². The summed E-state index contributed by atoms with van der Waals surface area (Å²) < 4.78 is 9.77. The molecular formula is C19H21NO5. The van der Waals surface area contributed by atoms with Crippen LogP contribution in [0.25, 0.3) is 5.57 Å². The Morgan fingerprint density at radius 2 is 1.60 bits per heavy atom. The monoisotopic (exact) mass is 343 g/mol. The normalized spacial score (nSPS) is 20.0. The number of nitrogens with one attached hydrogen (secondary N) is 1. The van der Waals surface area contributed by atoms with Crippen molar-refractivity contribution in [3.05, 3.63) is 52.7 Å². The second kappa shape index (κ2) is 6.93. The first-order valence-corrected chi connectivity index (χ1v) is 7.75. The van der Waals surface area contributed by atoms with Crippen molar-refractivity contribution in [1.29, 1.82) is 0 Å². The molecule has 1 N–H and O–H groups in total. The molecular weight excluding hydrogens is 322 g/mol. The fourth-order valence-corrected chi connectivity index (χ4v) is 3.18. The van der Waals surface area contributed by atoms with Gasteiger partial charge in [-0.15, -0.1) is 0 Å². The molecule has 1 heterocycles. The summed E-state index contributed by atoms with van der Waals surface area (Å²) in [5.74, 6) is -1.86. The van der Waals surface area contributed by atoms with Crippen molar-refractivity contribution in [2.24, 2.45) is 0 Å². The van der Waals surface area contributed by atoms with Gasteiger partial charge in [-0.1, -0.05) is 30.3 Å². The summed E-state index contributed by atoms with van der Waals surface area (Å²) in [6.07, 6.45) is 0. The van der Waals surface area contributed by atoms with E-state index in [0.29, 0.717) is 11.3 Å². The van der Waals surface area contributed by atoms with Crippen LogP contribution >= 0.6 is 0 Å². The molecule has 132 valence electrons. The van der Waals surface area contributed by atoms with E-state index in [0.717, 1.165) is 5.56 Å². The molecule has 1 aromatic rings. The number of hydrogen-bond donors (Lipinski definition) is 1. The molecule has 0 fully saturated rings. The summed E-state index contributed by atoms with van der Waals surface area (Å²) in [5.41, 5.74) is 0.562. The molecule has 2 rings (SSSR count). The third-order valence-corrected chi connectivity index (χ3v) is 4.41. The fraction of sp³-hybridized carbons (Fsp3) is 0.316. The summed E-state index contributed by atoms with van der Waals surface area (Å²) >= 11 is 0. The first-order chi connectivity index (χ1) is 11.8. The maximum atomic E-state index is 12.5. The van der Waals surface area contributed by atoms with Crippen LogP contribution in [0.3, 0.4) is 0 Å². The minimum atomic E-state index is -1.75. The number of carbonyl (C=O) groups excluding carboxylic acids is 3. The fourth-order valence-electron chi connectivity index (χ4n) is 3.18. The van der Waals surface area contributed by atoms with E-state index in [9.17, 15) is 14.4 Å². The second-order valence-corrected chi connectivity index (χ2v) is 5.78. The molecule has 6 nitrogen and oxygen atoms in total. The van der Waals surface area contributed by atoms with E-state index in [2.05, 4.69) is 5.32 Å². The van der Waals surface area contributed by atoms with Gasteiger partial charge in [0.15, 0.2) is 5.78 Å². The topological polar surface area (TPSA) is 81.7 Å². The molecule has 1 aromatic carbocycles. The van der Waals surface area contributed by atoms with Gasteiger partial charge in [-0.05, 0) is 31.9 Å². The van der Waals surface area contributed by atoms with Crippen molar-refractivity contribution in [1.82, 2.24) is 5.32 Å². The van der Waals surface area contributed by atoms with E-state index in [1.165, 1.54) is 21.1 Å². The molecule has 25 heavy (non-hydrogen) atoms. The zero-order chi connectivity index (χ0) is 18.8. The Morgan fingerprint density at radius 1 is 1.00 bits per heavy atom. The number of allylic oxidation sites excluding steroid dienone is 1. The van der Waals surface area contributed by atoms with Gasteiger partial charge in [0.2, 0.25) is 5.54 Å². The number of ketones is 1. The molecule has 0 radical (unpaired) electrons. The van der Waals surface area contributed by atoms with Gasteiger partial charge in [-0.25, -0.2) is 9.59 Å². The highest BCUT2D eigenvalue weighted by atomic mass is 16.5. The van der Waals surface area contributed by atoms with Crippen molar-refractivity contribution >= 4 is 23.3 Å². The quantitative estimate of drug-likeness (QED) is 0.665. The van der Waals surface area contributed by atoms with Gasteiger partial charge in [0.25, 0.3) is 0 Å². The zero-order valence-electron chi connectivity index (χ0n) is 14.9. The summed E-state index contributed by atoms with van der Waals surface area (Å²) in [5, 5.41) is 2.98. The number of methoxy groups -OCH3 is 2. The standard InChI is InChI=1S/C19H21NO5/c1-11-15(17(22)24-4)16(14-9-7-6-8-10-14)12(2)20-19(11,13(3)21)18(23)25-5/h6-10,20H,1-5H3/t19-/m0/s1. The summed E-state index contributed by atoms with van der Waals surface area (Å²) in [6, 6.07) is 9.23. The van der Waals surface area contributed by atoms with Crippen molar-refractivity contribution in [3.8, 4) is 0 Å². The SMILES string of the molecule is COC(=O)C1=C(C)[C@](C(C)=O)(C(=O)OC)NC(C)=C1c1ccccc1. The number of carbonyl (C=O) groups is 3. The largest absolute Gasteiger partial charge is 0.467 e. The third-order valence-electron chi connectivity index (χ3n) is 4.41. The molecule has 0 saturated carbocycles. The van der Waals surface area contributed by atoms with Crippen LogP contribution in [0, 0.1) is 0 Å². The van der Waals surface area contributed by atoms with Gasteiger partial charge in [0.05, 0.1) is 19.8 Å². The van der Waals surface area contributed by atoms with Crippen LogP contribution in [0.2, 0.25) is 0 Å². The Labute approximate surface area is 146 Å². The Hall–Kier alpha value is -2.89. The Bertz CT molecular complexity index is 791. The molecule has 0 aromatic heterocycles. The van der Waals surface area contributed by atoms with Gasteiger partial charge >= 0.3 is 11.9 Å². The molecule has 6 heteroatoms. The van der Waals surface area contributed by atoms with E-state index in [1.54, 1.807) is 13.8 Å². The van der Waals surface area contributed by atoms with E-state index in [-0.39, 0.29) is 11.1 Å². The number of benzene rings is 1. The lowest BCUT2D eigenvalue weighted by Crippen LogP contribution is -2.60. The number of Topliss-reactive ketones (excluding diaryl/α,β-unsaturated/α-hetero) is 1. The number of rotatable bonds is 4. The van der Waals surface area contributed by atoms with Crippen LogP contribution in [-0.2, 0) is 23.9 Å². The summed E-state index contributed by atoms with van der Waals surface area (Å²) in [4.78, 5) is 37.4. The van der Waals surface area contributed by atoms with Crippen LogP contribution in [0.15, 0.2) is 47.2 Å². The van der Waals surface area contributed by atoms with Crippen LogP contribution in [0.5, 0.6) is 0 Å². The highest BCUT2D eigenvalue weighted by Gasteiger charge is 2.51. The van der Waals surface area contributed by atoms with Crippen LogP contribution in [0.1, 0.15) is 26.3 Å². The van der Waals surface area contributed by atoms with Crippen LogP contribution in [-0.4, -0.2) is 37.5 Å². The maximum Gasteiger partial charge on any atom is 0.343 e. The highest BCUT2D eigenvalue weighted by molar-refractivity contribution is 6.17. The number of ether oxygens (including phenoxy) is 2. The van der Waals surface area contributed by atoms with E-state index in [1.807, 2.05) is 30.3 Å². The van der Waals surface area contributed by atoms with Gasteiger partial charge in [-0.3, -0.25) is 4.79 Å². The molecule has 0 spiro atoms. The van der Waals surface area contributed by atoms with E-state index in [4.69, 9.17) is 9.47 Å². The van der Waals surface area contributed by atoms with Crippen LogP contribution in [0.4, 0.5) is 0 Å². The van der Waals surface area contributed by atoms with Gasteiger partial charge in [0.1, 0.15) is 0 Å². The third kappa shape index (κ3) is 2.84. The average molecular weight is 343 g/mol. The lowest BCUT2D eigenvalue weighted by molar-refractivity contribution is -0.150. The number of esters is 2. The molecule has 1 atom stereocenters. The lowest BCUT2D eigenvalue weighted by atomic mass is 9.76. The molecule has 0 amide bonds. The minimum absolute atomic E-state index is 0.186. The minimum Gasteiger partial charge on any atom is -0.467 e. The Morgan fingerprint density at radius 3 is 2.08 bits per heavy atom. The molecule has 0 bridgehead atoms. The maximum absolute atomic E-state index is 12.5. The first kappa shape index (κ1) is 18.4. The van der Waals surface area contributed by atoms with Crippen LogP contribution < -0.4 is 5.32 Å². The molecule has 0 aliphatic carbocycles. The van der Waals surface area contributed by atoms with Gasteiger partial charge in [0, 0.05) is 11.3 Å². The smallest absolute Gasteiger partial charge is 0.343 e. The Kier molecular flexibility index (Phi) is 5.11. The lowest BCUT2D eigenvalue weighted by Gasteiger charge is -2.38. The van der Waals surface area contributed by atoms with Gasteiger partial charge < -0.3 is 14.8 Å². The second-order valence-electron chi connectivity index (χ2n) is 5.78. The first-order valence-electron chi connectivity index (χ1n) is 7.75. The molecule has 0 saturated heterocycles. The van der Waals surface area contributed by atoms with Crippen molar-refractivity contribution in [2.75, 3.05) is 14.2 Å². The highest BCUT2D eigenvalue weighted by Crippen LogP contribution is 2.39. The average Bonchev–Trinajstić information content (AvgIpc) is 2.61. The van der Waals surface area contributed by atoms with Crippen molar-refractivity contribution in [2.45, 2.75) is 26.3 Å². The van der Waals surface area contributed by atoms with Crippen molar-refractivity contribution in [3.63, 3.8) is 0 Å². The predicted molar refractivity (Wildman–Crippen MR) is 92.3 cm³/mol. The number of hydrogen-bond acceptors (Lipinski definition) is 6. The van der Waals surface area contributed by atoms with Crippen molar-refractivity contribution < 1.29 is 23.9 Å². The molecule has 1 aliphatic rings. The molecule has 0 unspecified atom stereocenters. The Balaban J connectivity index is 2.83.